The molecule has 1 aliphatic heterocycles. The average molecular weight is 424 g/mol. The van der Waals surface area contributed by atoms with Crippen LogP contribution in [-0.2, 0) is 9.53 Å². The SMILES string of the molecule is CCOC(=O)C1=C(C)NC(c2ncccc2Cl)=NC1C1C=CC(F)=CC1(C)Cl. The molecule has 148 valence electrons. The molecule has 0 saturated heterocycles. The zero-order chi connectivity index (χ0) is 20.5. The van der Waals surface area contributed by atoms with Gasteiger partial charge in [0, 0.05) is 17.8 Å². The molecule has 0 saturated carbocycles. The number of alkyl halides is 1. The van der Waals surface area contributed by atoms with E-state index in [0.717, 1.165) is 0 Å². The summed E-state index contributed by atoms with van der Waals surface area (Å²) in [4.78, 5) is 20.6. The number of aromatic nitrogens is 1. The van der Waals surface area contributed by atoms with Crippen molar-refractivity contribution in [1.29, 1.82) is 0 Å². The highest BCUT2D eigenvalue weighted by Gasteiger charge is 2.43. The Hall–Kier alpha value is -2.18. The zero-order valence-corrected chi connectivity index (χ0v) is 17.2. The fourth-order valence-electron chi connectivity index (χ4n) is 3.34. The van der Waals surface area contributed by atoms with Crippen LogP contribution >= 0.6 is 23.2 Å². The van der Waals surface area contributed by atoms with Crippen molar-refractivity contribution in [1.82, 2.24) is 10.3 Å². The predicted octanol–water partition coefficient (Wildman–Crippen LogP) is 4.33. The minimum atomic E-state index is -1.08. The van der Waals surface area contributed by atoms with Gasteiger partial charge in [0.1, 0.15) is 11.5 Å². The summed E-state index contributed by atoms with van der Waals surface area (Å²) in [6.07, 6.45) is 5.89. The lowest BCUT2D eigenvalue weighted by atomic mass is 9.79. The molecule has 3 rings (SSSR count). The summed E-state index contributed by atoms with van der Waals surface area (Å²) in [7, 11) is 0. The number of rotatable bonds is 4. The summed E-state index contributed by atoms with van der Waals surface area (Å²) >= 11 is 12.9. The first-order valence-corrected chi connectivity index (χ1v) is 9.59. The molecular weight excluding hydrogens is 404 g/mol. The number of ether oxygens (including phenoxy) is 1. The van der Waals surface area contributed by atoms with Crippen molar-refractivity contribution < 1.29 is 13.9 Å². The van der Waals surface area contributed by atoms with Crippen LogP contribution in [0.2, 0.25) is 5.02 Å². The highest BCUT2D eigenvalue weighted by atomic mass is 35.5. The molecule has 3 atom stereocenters. The molecule has 5 nitrogen and oxygen atoms in total. The number of amidine groups is 1. The quantitative estimate of drug-likeness (QED) is 0.578. The Morgan fingerprint density at radius 2 is 2.21 bits per heavy atom. The summed E-state index contributed by atoms with van der Waals surface area (Å²) in [5, 5.41) is 3.51. The summed E-state index contributed by atoms with van der Waals surface area (Å²) in [5.41, 5.74) is 1.36. The number of pyridine rings is 1. The van der Waals surface area contributed by atoms with Gasteiger partial charge in [-0.2, -0.15) is 0 Å². The molecule has 8 heteroatoms. The third-order valence-electron chi connectivity index (χ3n) is 4.63. The number of nitrogens with one attached hydrogen (secondary N) is 1. The molecule has 1 N–H and O–H groups in total. The van der Waals surface area contributed by atoms with Crippen LogP contribution in [0.5, 0.6) is 0 Å². The van der Waals surface area contributed by atoms with Crippen molar-refractivity contribution in [2.45, 2.75) is 31.7 Å². The predicted molar refractivity (Wildman–Crippen MR) is 108 cm³/mol. The highest BCUT2D eigenvalue weighted by molar-refractivity contribution is 6.33. The van der Waals surface area contributed by atoms with E-state index in [1.165, 1.54) is 12.2 Å². The van der Waals surface area contributed by atoms with Crippen LogP contribution in [0.15, 0.2) is 58.6 Å². The monoisotopic (exact) mass is 423 g/mol. The first-order chi connectivity index (χ1) is 13.2. The van der Waals surface area contributed by atoms with Gasteiger partial charge < -0.3 is 10.1 Å². The summed E-state index contributed by atoms with van der Waals surface area (Å²) < 4.78 is 19.0. The smallest absolute Gasteiger partial charge is 0.337 e. The lowest BCUT2D eigenvalue weighted by Gasteiger charge is -2.37. The molecule has 1 aliphatic carbocycles. The molecule has 0 bridgehead atoms. The molecule has 0 aromatic carbocycles. The van der Waals surface area contributed by atoms with Gasteiger partial charge in [0.25, 0.3) is 0 Å². The molecule has 1 aromatic rings. The first kappa shape index (κ1) is 20.6. The van der Waals surface area contributed by atoms with Crippen molar-refractivity contribution >= 4 is 35.0 Å². The number of aliphatic imine (C=N–C) groups is 1. The second-order valence-corrected chi connectivity index (χ2v) is 7.93. The molecule has 3 unspecified atom stereocenters. The summed E-state index contributed by atoms with van der Waals surface area (Å²) in [6.45, 7) is 5.38. The van der Waals surface area contributed by atoms with E-state index in [1.807, 2.05) is 0 Å². The van der Waals surface area contributed by atoms with Gasteiger partial charge in [-0.1, -0.05) is 17.7 Å². The maximum absolute atomic E-state index is 13.8. The van der Waals surface area contributed by atoms with E-state index in [4.69, 9.17) is 32.9 Å². The number of allylic oxidation sites excluding steroid dienone is 4. The third kappa shape index (κ3) is 3.98. The van der Waals surface area contributed by atoms with Gasteiger partial charge in [-0.05, 0) is 45.1 Å². The topological polar surface area (TPSA) is 63.6 Å². The zero-order valence-electron chi connectivity index (χ0n) is 15.7. The number of esters is 1. The van der Waals surface area contributed by atoms with E-state index in [1.54, 1.807) is 45.2 Å². The Balaban J connectivity index is 2.11. The molecule has 2 aliphatic rings. The normalized spacial score (nSPS) is 27.1. The Bertz CT molecular complexity index is 922. The second-order valence-electron chi connectivity index (χ2n) is 6.71. The number of carbonyl (C=O) groups excluding carboxylic acids is 1. The van der Waals surface area contributed by atoms with Crippen molar-refractivity contribution in [3.05, 3.63) is 64.4 Å². The summed E-state index contributed by atoms with van der Waals surface area (Å²) in [5.74, 6) is -0.999. The van der Waals surface area contributed by atoms with E-state index in [2.05, 4.69) is 10.3 Å². The van der Waals surface area contributed by atoms with Crippen molar-refractivity contribution in [2.75, 3.05) is 6.61 Å². The number of nitrogens with zero attached hydrogens (tertiary/aromatic N) is 2. The van der Waals surface area contributed by atoms with Gasteiger partial charge in [-0.15, -0.1) is 11.6 Å². The van der Waals surface area contributed by atoms with Gasteiger partial charge in [-0.25, -0.2) is 9.18 Å². The number of halogens is 3. The van der Waals surface area contributed by atoms with Crippen LogP contribution in [0.25, 0.3) is 0 Å². The van der Waals surface area contributed by atoms with Gasteiger partial charge in [0.2, 0.25) is 0 Å². The maximum atomic E-state index is 13.8. The molecule has 0 amide bonds. The molecule has 0 radical (unpaired) electrons. The Labute approximate surface area is 173 Å². The van der Waals surface area contributed by atoms with Crippen LogP contribution in [0, 0.1) is 5.92 Å². The second kappa shape index (κ2) is 8.05. The number of hydrogen-bond acceptors (Lipinski definition) is 5. The highest BCUT2D eigenvalue weighted by Crippen LogP contribution is 2.40. The maximum Gasteiger partial charge on any atom is 0.337 e. The minimum absolute atomic E-state index is 0.220. The van der Waals surface area contributed by atoms with Crippen LogP contribution in [-0.4, -0.2) is 34.3 Å². The van der Waals surface area contributed by atoms with E-state index < -0.39 is 28.6 Å². The fraction of sp³-hybridized carbons (Fsp3) is 0.350. The van der Waals surface area contributed by atoms with Gasteiger partial charge >= 0.3 is 5.97 Å². The van der Waals surface area contributed by atoms with Crippen molar-refractivity contribution in [2.24, 2.45) is 10.9 Å². The number of carbonyl (C=O) groups is 1. The van der Waals surface area contributed by atoms with E-state index in [9.17, 15) is 9.18 Å². The third-order valence-corrected chi connectivity index (χ3v) is 5.29. The minimum Gasteiger partial charge on any atom is -0.463 e. The van der Waals surface area contributed by atoms with Crippen LogP contribution in [0.3, 0.4) is 0 Å². The Kier molecular flexibility index (Phi) is 5.91. The van der Waals surface area contributed by atoms with Gasteiger partial charge in [-0.3, -0.25) is 9.98 Å². The van der Waals surface area contributed by atoms with Gasteiger partial charge in [0.15, 0.2) is 5.84 Å². The molecular formula is C20H20Cl2FN3O2. The Morgan fingerprint density at radius 3 is 2.86 bits per heavy atom. The lowest BCUT2D eigenvalue weighted by Crippen LogP contribution is -2.44. The molecule has 1 aromatic heterocycles. The van der Waals surface area contributed by atoms with E-state index in [0.29, 0.717) is 27.8 Å². The van der Waals surface area contributed by atoms with Crippen molar-refractivity contribution in [3.63, 3.8) is 0 Å². The number of hydrogen-bond donors (Lipinski definition) is 1. The van der Waals surface area contributed by atoms with Crippen LogP contribution in [0.1, 0.15) is 26.5 Å². The molecule has 28 heavy (non-hydrogen) atoms. The standard InChI is InChI=1S/C20H20Cl2FN3O2/c1-4-28-19(27)15-11(2)25-18(17-14(21)6-5-9-24-17)26-16(15)13-8-7-12(23)10-20(13,3)22/h5-10,13,16H,4H2,1-3H3,(H,25,26). The fourth-order valence-corrected chi connectivity index (χ4v) is 3.84. The summed E-state index contributed by atoms with van der Waals surface area (Å²) in [6, 6.07) is 2.72. The van der Waals surface area contributed by atoms with Crippen LogP contribution in [0.4, 0.5) is 4.39 Å². The lowest BCUT2D eigenvalue weighted by molar-refractivity contribution is -0.139. The molecule has 2 heterocycles. The van der Waals surface area contributed by atoms with Gasteiger partial charge in [0.05, 0.1) is 28.1 Å². The van der Waals surface area contributed by atoms with Crippen molar-refractivity contribution in [3.8, 4) is 0 Å². The van der Waals surface area contributed by atoms with Crippen LogP contribution < -0.4 is 5.32 Å². The largest absolute Gasteiger partial charge is 0.463 e. The Morgan fingerprint density at radius 1 is 1.46 bits per heavy atom. The molecule has 0 spiro atoms. The molecule has 0 fully saturated rings. The van der Waals surface area contributed by atoms with E-state index >= 15 is 0 Å². The first-order valence-electron chi connectivity index (χ1n) is 8.83. The van der Waals surface area contributed by atoms with E-state index in [-0.39, 0.29) is 6.61 Å². The average Bonchev–Trinajstić information content (AvgIpc) is 2.60.